The molecule has 0 aliphatic rings. The van der Waals surface area contributed by atoms with Crippen LogP contribution in [0, 0.1) is 0 Å². The number of nitrogens with one attached hydrogen (secondary N) is 1. The van der Waals surface area contributed by atoms with Crippen LogP contribution in [0.15, 0.2) is 43.1 Å². The van der Waals surface area contributed by atoms with Crippen molar-refractivity contribution in [2.45, 2.75) is 12.5 Å². The molecule has 0 spiro atoms. The van der Waals surface area contributed by atoms with Crippen molar-refractivity contribution in [3.63, 3.8) is 0 Å². The van der Waals surface area contributed by atoms with Crippen molar-refractivity contribution < 1.29 is 0 Å². The lowest BCUT2D eigenvalue weighted by atomic mass is 10.1. The summed E-state index contributed by atoms with van der Waals surface area (Å²) in [5.74, 6) is 0. The number of halogens is 3. The SMILES string of the molecule is CNC(Cc1cccc(Br)c1)c1cc(Br)c(Br)s1. The molecule has 0 amide bonds. The molecule has 0 bridgehead atoms. The highest BCUT2D eigenvalue weighted by Crippen LogP contribution is 2.36. The molecule has 1 unspecified atom stereocenters. The minimum atomic E-state index is 0.340. The van der Waals surface area contributed by atoms with Gasteiger partial charge in [0.05, 0.1) is 3.79 Å². The molecule has 0 saturated carbocycles. The van der Waals surface area contributed by atoms with Gasteiger partial charge in [-0.2, -0.15) is 0 Å². The quantitative estimate of drug-likeness (QED) is 0.641. The highest BCUT2D eigenvalue weighted by molar-refractivity contribution is 9.13. The van der Waals surface area contributed by atoms with E-state index in [-0.39, 0.29) is 0 Å². The summed E-state index contributed by atoms with van der Waals surface area (Å²) < 4.78 is 3.40. The lowest BCUT2D eigenvalue weighted by Gasteiger charge is -2.14. The Morgan fingerprint density at radius 2 is 2.00 bits per heavy atom. The summed E-state index contributed by atoms with van der Waals surface area (Å²) in [5.41, 5.74) is 1.32. The highest BCUT2D eigenvalue weighted by Gasteiger charge is 2.14. The van der Waals surface area contributed by atoms with Gasteiger partial charge in [-0.3, -0.25) is 0 Å². The topological polar surface area (TPSA) is 12.0 Å². The summed E-state index contributed by atoms with van der Waals surface area (Å²) in [7, 11) is 2.00. The molecular formula is C13H12Br3NS. The number of hydrogen-bond donors (Lipinski definition) is 1. The van der Waals surface area contributed by atoms with Gasteiger partial charge in [-0.15, -0.1) is 11.3 Å². The van der Waals surface area contributed by atoms with Gasteiger partial charge >= 0.3 is 0 Å². The lowest BCUT2D eigenvalue weighted by Crippen LogP contribution is -2.17. The molecule has 0 aliphatic heterocycles. The largest absolute Gasteiger partial charge is 0.312 e. The second-order valence-electron chi connectivity index (χ2n) is 3.95. The summed E-state index contributed by atoms with van der Waals surface area (Å²) in [6.45, 7) is 0. The molecule has 18 heavy (non-hydrogen) atoms. The van der Waals surface area contributed by atoms with Gasteiger partial charge in [0.15, 0.2) is 0 Å². The average molecular weight is 454 g/mol. The maximum Gasteiger partial charge on any atom is 0.0843 e. The Kier molecular flexibility index (Phi) is 5.45. The molecular weight excluding hydrogens is 442 g/mol. The Morgan fingerprint density at radius 1 is 1.22 bits per heavy atom. The van der Waals surface area contributed by atoms with E-state index in [0.717, 1.165) is 19.2 Å². The van der Waals surface area contributed by atoms with E-state index in [1.54, 1.807) is 11.3 Å². The van der Waals surface area contributed by atoms with E-state index in [9.17, 15) is 0 Å². The maximum absolute atomic E-state index is 3.55. The van der Waals surface area contributed by atoms with E-state index in [4.69, 9.17) is 0 Å². The minimum absolute atomic E-state index is 0.340. The molecule has 1 nitrogen and oxygen atoms in total. The molecule has 5 heteroatoms. The first-order valence-electron chi connectivity index (χ1n) is 5.46. The van der Waals surface area contributed by atoms with Crippen molar-refractivity contribution in [2.75, 3.05) is 7.05 Å². The van der Waals surface area contributed by atoms with Crippen LogP contribution in [0.25, 0.3) is 0 Å². The predicted octanol–water partition coefficient (Wildman–Crippen LogP) is 5.54. The number of hydrogen-bond acceptors (Lipinski definition) is 2. The molecule has 1 heterocycles. The third kappa shape index (κ3) is 3.67. The molecule has 96 valence electrons. The first-order valence-corrected chi connectivity index (χ1v) is 8.66. The highest BCUT2D eigenvalue weighted by atomic mass is 79.9. The lowest BCUT2D eigenvalue weighted by molar-refractivity contribution is 0.602. The normalized spacial score (nSPS) is 12.7. The number of thiophene rings is 1. The molecule has 0 radical (unpaired) electrons. The van der Waals surface area contributed by atoms with Crippen LogP contribution in [0.5, 0.6) is 0 Å². The van der Waals surface area contributed by atoms with Gasteiger partial charge in [0, 0.05) is 19.9 Å². The molecule has 2 rings (SSSR count). The third-order valence-electron chi connectivity index (χ3n) is 2.68. The van der Waals surface area contributed by atoms with Crippen LogP contribution >= 0.6 is 59.1 Å². The Bertz CT molecular complexity index is 519. The molecule has 0 fully saturated rings. The zero-order valence-corrected chi connectivity index (χ0v) is 15.3. The van der Waals surface area contributed by atoms with E-state index in [1.165, 1.54) is 10.4 Å². The summed E-state index contributed by atoms with van der Waals surface area (Å²) in [5, 5.41) is 3.38. The Morgan fingerprint density at radius 3 is 2.56 bits per heavy atom. The van der Waals surface area contributed by atoms with E-state index in [2.05, 4.69) is 83.4 Å². The molecule has 1 aromatic carbocycles. The Balaban J connectivity index is 2.19. The number of likely N-dealkylation sites (N-methyl/N-ethyl adjacent to an activating group) is 1. The predicted molar refractivity (Wildman–Crippen MR) is 89.4 cm³/mol. The maximum atomic E-state index is 3.55. The summed E-state index contributed by atoms with van der Waals surface area (Å²) in [4.78, 5) is 1.33. The van der Waals surface area contributed by atoms with Gasteiger partial charge in [-0.25, -0.2) is 0 Å². The van der Waals surface area contributed by atoms with Crippen molar-refractivity contribution in [2.24, 2.45) is 0 Å². The van der Waals surface area contributed by atoms with Crippen LogP contribution in [0.2, 0.25) is 0 Å². The molecule has 1 atom stereocenters. The molecule has 1 N–H and O–H groups in total. The van der Waals surface area contributed by atoms with Gasteiger partial charge in [-0.1, -0.05) is 28.1 Å². The zero-order chi connectivity index (χ0) is 13.1. The average Bonchev–Trinajstić information content (AvgIpc) is 2.66. The van der Waals surface area contributed by atoms with Crippen LogP contribution in [0.1, 0.15) is 16.5 Å². The third-order valence-corrected chi connectivity index (χ3v) is 6.55. The van der Waals surface area contributed by atoms with Crippen molar-refractivity contribution in [1.82, 2.24) is 5.32 Å². The van der Waals surface area contributed by atoms with Crippen LogP contribution < -0.4 is 5.32 Å². The Labute approximate surface area is 136 Å². The van der Waals surface area contributed by atoms with E-state index >= 15 is 0 Å². The number of benzene rings is 1. The smallest absolute Gasteiger partial charge is 0.0843 e. The fourth-order valence-electron chi connectivity index (χ4n) is 1.78. The van der Waals surface area contributed by atoms with Crippen molar-refractivity contribution in [3.8, 4) is 0 Å². The van der Waals surface area contributed by atoms with Gasteiger partial charge < -0.3 is 5.32 Å². The fourth-order valence-corrected chi connectivity index (χ4v) is 4.43. The van der Waals surface area contributed by atoms with E-state index in [1.807, 2.05) is 7.05 Å². The van der Waals surface area contributed by atoms with E-state index < -0.39 is 0 Å². The standard InChI is InChI=1S/C13H12Br3NS/c1-17-11(12-7-10(15)13(16)18-12)6-8-3-2-4-9(14)5-8/h2-5,7,11,17H,6H2,1H3. The van der Waals surface area contributed by atoms with Gasteiger partial charge in [-0.05, 0) is 69.1 Å². The van der Waals surface area contributed by atoms with Crippen LogP contribution in [0.3, 0.4) is 0 Å². The first kappa shape index (κ1) is 14.7. The summed E-state index contributed by atoms with van der Waals surface area (Å²) in [6, 6.07) is 11.0. The fraction of sp³-hybridized carbons (Fsp3) is 0.231. The van der Waals surface area contributed by atoms with E-state index in [0.29, 0.717) is 6.04 Å². The second kappa shape index (κ2) is 6.66. The monoisotopic (exact) mass is 451 g/mol. The molecule has 0 aliphatic carbocycles. The second-order valence-corrected chi connectivity index (χ2v) is 8.12. The van der Waals surface area contributed by atoms with Crippen LogP contribution in [0.4, 0.5) is 0 Å². The van der Waals surface area contributed by atoms with Crippen molar-refractivity contribution in [3.05, 3.63) is 53.5 Å². The molecule has 1 aromatic heterocycles. The van der Waals surface area contributed by atoms with Gasteiger partial charge in [0.1, 0.15) is 0 Å². The summed E-state index contributed by atoms with van der Waals surface area (Å²) in [6.07, 6.45) is 0.981. The van der Waals surface area contributed by atoms with Gasteiger partial charge in [0.25, 0.3) is 0 Å². The van der Waals surface area contributed by atoms with Crippen LogP contribution in [-0.4, -0.2) is 7.05 Å². The summed E-state index contributed by atoms with van der Waals surface area (Å²) >= 11 is 12.4. The van der Waals surface area contributed by atoms with Crippen LogP contribution in [-0.2, 0) is 6.42 Å². The first-order chi connectivity index (χ1) is 8.60. The zero-order valence-electron chi connectivity index (χ0n) is 9.71. The molecule has 0 saturated heterocycles. The van der Waals surface area contributed by atoms with Crippen molar-refractivity contribution >= 4 is 59.1 Å². The Hall–Kier alpha value is 0.320. The van der Waals surface area contributed by atoms with Crippen molar-refractivity contribution in [1.29, 1.82) is 0 Å². The number of rotatable bonds is 4. The minimum Gasteiger partial charge on any atom is -0.312 e. The molecule has 2 aromatic rings. The van der Waals surface area contributed by atoms with Gasteiger partial charge in [0.2, 0.25) is 0 Å².